The molecule has 1 N–H and O–H groups in total. The van der Waals surface area contributed by atoms with E-state index in [1.54, 1.807) is 24.5 Å². The van der Waals surface area contributed by atoms with Crippen LogP contribution >= 0.6 is 34.8 Å². The number of aromatic nitrogens is 3. The van der Waals surface area contributed by atoms with Gasteiger partial charge in [0.2, 0.25) is 5.91 Å². The predicted molar refractivity (Wildman–Crippen MR) is 120 cm³/mol. The minimum atomic E-state index is -0.148. The number of hydrogen-bond donors (Lipinski definition) is 1. The fourth-order valence-corrected chi connectivity index (χ4v) is 3.71. The van der Waals surface area contributed by atoms with Crippen LogP contribution in [0.25, 0.3) is 11.0 Å². The largest absolute Gasteiger partial charge is 0.350 e. The van der Waals surface area contributed by atoms with Gasteiger partial charge in [0.05, 0.1) is 21.1 Å². The van der Waals surface area contributed by atoms with Gasteiger partial charge in [0, 0.05) is 30.4 Å². The summed E-state index contributed by atoms with van der Waals surface area (Å²) in [5.74, 6) is 0.553. The van der Waals surface area contributed by atoms with Crippen LogP contribution in [-0.4, -0.2) is 20.4 Å². The molecule has 152 valence electrons. The number of imidazole rings is 1. The molecule has 0 spiro atoms. The first-order valence-corrected chi connectivity index (χ1v) is 10.4. The SMILES string of the molecule is O=C(Cn1c(Cc2ccccc2Cl)nc2cc(Cl)c(Cl)cc21)NCc1cccnc1. The molecule has 2 aromatic carbocycles. The fourth-order valence-electron chi connectivity index (χ4n) is 3.20. The number of halogens is 3. The number of hydrogen-bond acceptors (Lipinski definition) is 3. The van der Waals surface area contributed by atoms with Crippen LogP contribution in [0.2, 0.25) is 15.1 Å². The van der Waals surface area contributed by atoms with Crippen LogP contribution in [0.15, 0.2) is 60.9 Å². The normalized spacial score (nSPS) is 11.0. The monoisotopic (exact) mass is 458 g/mol. The molecule has 30 heavy (non-hydrogen) atoms. The Morgan fingerprint density at radius 3 is 2.57 bits per heavy atom. The third-order valence-corrected chi connectivity index (χ3v) is 5.78. The van der Waals surface area contributed by atoms with Crippen molar-refractivity contribution < 1.29 is 4.79 Å². The highest BCUT2D eigenvalue weighted by molar-refractivity contribution is 6.42. The maximum atomic E-state index is 12.7. The van der Waals surface area contributed by atoms with Gasteiger partial charge in [-0.15, -0.1) is 0 Å². The minimum Gasteiger partial charge on any atom is -0.350 e. The Hall–Kier alpha value is -2.60. The van der Waals surface area contributed by atoms with Gasteiger partial charge in [-0.25, -0.2) is 4.98 Å². The van der Waals surface area contributed by atoms with Crippen molar-refractivity contribution in [1.29, 1.82) is 0 Å². The van der Waals surface area contributed by atoms with Crippen molar-refractivity contribution in [2.75, 3.05) is 0 Å². The van der Waals surface area contributed by atoms with Gasteiger partial charge in [0.15, 0.2) is 0 Å². The van der Waals surface area contributed by atoms with E-state index >= 15 is 0 Å². The molecule has 1 amide bonds. The van der Waals surface area contributed by atoms with E-state index in [0.29, 0.717) is 39.4 Å². The van der Waals surface area contributed by atoms with E-state index in [-0.39, 0.29) is 12.5 Å². The first-order chi connectivity index (χ1) is 14.5. The van der Waals surface area contributed by atoms with Crippen LogP contribution in [0.4, 0.5) is 0 Å². The van der Waals surface area contributed by atoms with E-state index in [9.17, 15) is 4.79 Å². The molecule has 0 aliphatic carbocycles. The van der Waals surface area contributed by atoms with Gasteiger partial charge in [0.1, 0.15) is 12.4 Å². The number of rotatable bonds is 6. The molecule has 0 unspecified atom stereocenters. The zero-order valence-corrected chi connectivity index (χ0v) is 18.0. The zero-order chi connectivity index (χ0) is 21.1. The second-order valence-electron chi connectivity index (χ2n) is 6.78. The first kappa shape index (κ1) is 20.7. The van der Waals surface area contributed by atoms with Crippen LogP contribution in [0.1, 0.15) is 17.0 Å². The highest BCUT2D eigenvalue weighted by Gasteiger charge is 2.17. The van der Waals surface area contributed by atoms with Crippen molar-refractivity contribution in [2.45, 2.75) is 19.5 Å². The Kier molecular flexibility index (Phi) is 6.23. The Labute approximate surface area is 188 Å². The molecule has 2 heterocycles. The lowest BCUT2D eigenvalue weighted by Gasteiger charge is -2.11. The Morgan fingerprint density at radius 2 is 1.80 bits per heavy atom. The molecule has 5 nitrogen and oxygen atoms in total. The molecule has 0 bridgehead atoms. The van der Waals surface area contributed by atoms with E-state index in [1.165, 1.54) is 0 Å². The van der Waals surface area contributed by atoms with Crippen molar-refractivity contribution in [3.05, 3.63) is 92.9 Å². The standard InChI is InChI=1S/C22H17Cl3N4O/c23-16-6-2-1-5-15(16)8-21-28-19-9-17(24)18(25)10-20(19)29(21)13-22(30)27-12-14-4-3-7-26-11-14/h1-7,9-11H,8,12-13H2,(H,27,30). The highest BCUT2D eigenvalue weighted by Crippen LogP contribution is 2.29. The smallest absolute Gasteiger partial charge is 0.240 e. The van der Waals surface area contributed by atoms with E-state index in [0.717, 1.165) is 16.6 Å². The summed E-state index contributed by atoms with van der Waals surface area (Å²) in [7, 11) is 0. The van der Waals surface area contributed by atoms with Gasteiger partial charge < -0.3 is 9.88 Å². The molecular formula is C22H17Cl3N4O. The number of fused-ring (bicyclic) bond motifs is 1. The number of nitrogens with one attached hydrogen (secondary N) is 1. The number of pyridine rings is 1. The van der Waals surface area contributed by atoms with Gasteiger partial charge in [-0.3, -0.25) is 9.78 Å². The fraction of sp³-hybridized carbons (Fsp3) is 0.136. The number of carbonyl (C=O) groups is 1. The Morgan fingerprint density at radius 1 is 1.00 bits per heavy atom. The average molecular weight is 460 g/mol. The summed E-state index contributed by atoms with van der Waals surface area (Å²) in [5.41, 5.74) is 3.26. The van der Waals surface area contributed by atoms with Crippen LogP contribution in [0.5, 0.6) is 0 Å². The van der Waals surface area contributed by atoms with E-state index in [1.807, 2.05) is 41.0 Å². The topological polar surface area (TPSA) is 59.8 Å². The molecule has 4 aromatic rings. The molecule has 2 aromatic heterocycles. The molecule has 4 rings (SSSR count). The van der Waals surface area contributed by atoms with E-state index in [4.69, 9.17) is 39.8 Å². The summed E-state index contributed by atoms with van der Waals surface area (Å²) in [6, 6.07) is 14.7. The van der Waals surface area contributed by atoms with Crippen molar-refractivity contribution >= 4 is 51.7 Å². The summed E-state index contributed by atoms with van der Waals surface area (Å²) in [5, 5.41) is 4.39. The van der Waals surface area contributed by atoms with E-state index in [2.05, 4.69) is 10.3 Å². The molecule has 0 saturated carbocycles. The second-order valence-corrected chi connectivity index (χ2v) is 8.00. The molecule has 0 atom stereocenters. The molecular weight excluding hydrogens is 443 g/mol. The number of nitrogens with zero attached hydrogens (tertiary/aromatic N) is 3. The second kappa shape index (κ2) is 9.04. The maximum absolute atomic E-state index is 12.7. The lowest BCUT2D eigenvalue weighted by molar-refractivity contribution is -0.121. The van der Waals surface area contributed by atoms with Crippen LogP contribution in [0.3, 0.4) is 0 Å². The third kappa shape index (κ3) is 4.59. The van der Waals surface area contributed by atoms with Gasteiger partial charge in [-0.05, 0) is 35.4 Å². The van der Waals surface area contributed by atoms with Crippen molar-refractivity contribution in [1.82, 2.24) is 19.9 Å². The van der Waals surface area contributed by atoms with Crippen LogP contribution in [0, 0.1) is 0 Å². The molecule has 0 saturated heterocycles. The first-order valence-electron chi connectivity index (χ1n) is 9.24. The summed E-state index contributed by atoms with van der Waals surface area (Å²) < 4.78 is 1.85. The lowest BCUT2D eigenvalue weighted by Crippen LogP contribution is -2.27. The number of benzene rings is 2. The van der Waals surface area contributed by atoms with Gasteiger partial charge in [0.25, 0.3) is 0 Å². The van der Waals surface area contributed by atoms with E-state index < -0.39 is 0 Å². The van der Waals surface area contributed by atoms with Crippen molar-refractivity contribution in [2.24, 2.45) is 0 Å². The van der Waals surface area contributed by atoms with Gasteiger partial charge in [-0.1, -0.05) is 59.1 Å². The molecule has 0 fully saturated rings. The van der Waals surface area contributed by atoms with Gasteiger partial charge in [-0.2, -0.15) is 0 Å². The van der Waals surface area contributed by atoms with Crippen LogP contribution in [-0.2, 0) is 24.3 Å². The average Bonchev–Trinajstić information content (AvgIpc) is 3.05. The summed E-state index contributed by atoms with van der Waals surface area (Å²) in [4.78, 5) is 21.4. The molecule has 0 aliphatic heterocycles. The lowest BCUT2D eigenvalue weighted by atomic mass is 10.1. The third-order valence-electron chi connectivity index (χ3n) is 4.69. The summed E-state index contributed by atoms with van der Waals surface area (Å²) in [6.45, 7) is 0.486. The van der Waals surface area contributed by atoms with Gasteiger partial charge >= 0.3 is 0 Å². The maximum Gasteiger partial charge on any atom is 0.240 e. The summed E-state index contributed by atoms with van der Waals surface area (Å²) in [6.07, 6.45) is 3.88. The minimum absolute atomic E-state index is 0.0918. The predicted octanol–water partition coefficient (Wildman–Crippen LogP) is 5.30. The summed E-state index contributed by atoms with van der Waals surface area (Å²) >= 11 is 18.7. The highest BCUT2D eigenvalue weighted by atomic mass is 35.5. The molecule has 8 heteroatoms. The van der Waals surface area contributed by atoms with Crippen LogP contribution < -0.4 is 5.32 Å². The Bertz CT molecular complexity index is 1210. The Balaban J connectivity index is 1.64. The van der Waals surface area contributed by atoms with Crippen molar-refractivity contribution in [3.8, 4) is 0 Å². The molecule has 0 radical (unpaired) electrons. The number of carbonyl (C=O) groups excluding carboxylic acids is 1. The quantitative estimate of drug-likeness (QED) is 0.426. The zero-order valence-electron chi connectivity index (χ0n) is 15.8. The molecule has 0 aliphatic rings. The van der Waals surface area contributed by atoms with Crippen molar-refractivity contribution in [3.63, 3.8) is 0 Å². The number of amides is 1.